The quantitative estimate of drug-likeness (QED) is 0.684. The van der Waals surface area contributed by atoms with Gasteiger partial charge in [-0.1, -0.05) is 19.0 Å². The first kappa shape index (κ1) is 18.8. The number of ether oxygens (including phenoxy) is 1. The minimum Gasteiger partial charge on any atom is -0.467 e. The lowest BCUT2D eigenvalue weighted by Gasteiger charge is -2.12. The van der Waals surface area contributed by atoms with Crippen molar-refractivity contribution in [3.63, 3.8) is 0 Å². The second-order valence-electron chi connectivity index (χ2n) is 6.18. The van der Waals surface area contributed by atoms with Crippen LogP contribution < -0.4 is 10.1 Å². The van der Waals surface area contributed by atoms with Gasteiger partial charge in [0.2, 0.25) is 5.88 Å². The monoisotopic (exact) mass is 372 g/mol. The zero-order chi connectivity index (χ0) is 19.4. The highest BCUT2D eigenvalue weighted by atomic mass is 19.1. The molecule has 27 heavy (non-hydrogen) atoms. The zero-order valence-corrected chi connectivity index (χ0v) is 15.5. The lowest BCUT2D eigenvalue weighted by molar-refractivity contribution is -0.123. The van der Waals surface area contributed by atoms with Crippen molar-refractivity contribution in [2.45, 2.75) is 39.7 Å². The van der Waals surface area contributed by atoms with Crippen molar-refractivity contribution in [2.75, 3.05) is 6.61 Å². The van der Waals surface area contributed by atoms with Crippen molar-refractivity contribution in [1.82, 2.24) is 20.4 Å². The minimum atomic E-state index is -0.353. The Labute approximate surface area is 155 Å². The van der Waals surface area contributed by atoms with E-state index < -0.39 is 0 Å². The van der Waals surface area contributed by atoms with Gasteiger partial charge in [0.15, 0.2) is 6.61 Å². The molecule has 1 N–H and O–H groups in total. The molecular formula is C19H21FN4O3. The normalized spacial score (nSPS) is 12.1. The fourth-order valence-corrected chi connectivity index (χ4v) is 2.49. The van der Waals surface area contributed by atoms with Crippen molar-refractivity contribution in [3.8, 4) is 17.1 Å². The van der Waals surface area contributed by atoms with Gasteiger partial charge in [-0.05, 0) is 37.6 Å². The van der Waals surface area contributed by atoms with E-state index in [1.165, 1.54) is 12.1 Å². The third-order valence-corrected chi connectivity index (χ3v) is 4.14. The Bertz CT molecular complexity index is 940. The Kier molecular flexibility index (Phi) is 5.63. The summed E-state index contributed by atoms with van der Waals surface area (Å²) in [6, 6.07) is 5.89. The van der Waals surface area contributed by atoms with Crippen molar-refractivity contribution >= 4 is 17.0 Å². The first-order chi connectivity index (χ1) is 13.0. The van der Waals surface area contributed by atoms with Crippen molar-refractivity contribution < 1.29 is 18.4 Å². The fraction of sp³-hybridized carbons (Fsp3) is 0.368. The molecule has 0 spiro atoms. The first-order valence-electron chi connectivity index (χ1n) is 8.86. The molecule has 0 fully saturated rings. The van der Waals surface area contributed by atoms with Gasteiger partial charge in [0.1, 0.15) is 22.7 Å². The number of rotatable bonds is 7. The summed E-state index contributed by atoms with van der Waals surface area (Å²) in [5.74, 6) is 0.140. The minimum absolute atomic E-state index is 0.0584. The van der Waals surface area contributed by atoms with Crippen LogP contribution in [0.5, 0.6) is 5.88 Å². The maximum atomic E-state index is 13.2. The number of carbonyl (C=O) groups is 1. The molecule has 0 bridgehead atoms. The second-order valence-corrected chi connectivity index (χ2v) is 6.18. The summed E-state index contributed by atoms with van der Waals surface area (Å²) in [5.41, 5.74) is 1.33. The molecule has 0 aliphatic rings. The number of aryl methyl sites for hydroxylation is 1. The molecule has 1 unspecified atom stereocenters. The molecule has 7 nitrogen and oxygen atoms in total. The predicted molar refractivity (Wildman–Crippen MR) is 97.8 cm³/mol. The molecule has 8 heteroatoms. The van der Waals surface area contributed by atoms with E-state index in [2.05, 4.69) is 20.4 Å². The summed E-state index contributed by atoms with van der Waals surface area (Å²) < 4.78 is 24.2. The molecule has 2 aromatic heterocycles. The van der Waals surface area contributed by atoms with Gasteiger partial charge in [-0.3, -0.25) is 4.79 Å². The largest absolute Gasteiger partial charge is 0.467 e. The molecule has 0 radical (unpaired) electrons. The summed E-state index contributed by atoms with van der Waals surface area (Å²) in [7, 11) is 0. The molecule has 0 aliphatic heterocycles. The molecular weight excluding hydrogens is 351 g/mol. The van der Waals surface area contributed by atoms with Gasteiger partial charge in [-0.25, -0.2) is 4.39 Å². The Morgan fingerprint density at radius 1 is 1.26 bits per heavy atom. The molecule has 0 saturated heterocycles. The van der Waals surface area contributed by atoms with E-state index in [0.29, 0.717) is 28.9 Å². The van der Waals surface area contributed by atoms with Crippen LogP contribution in [0, 0.1) is 5.82 Å². The number of hydrogen-bond acceptors (Lipinski definition) is 6. The van der Waals surface area contributed by atoms with E-state index in [1.54, 1.807) is 12.1 Å². The van der Waals surface area contributed by atoms with E-state index in [-0.39, 0.29) is 36.0 Å². The SMILES string of the molecule is CCc1nc(OCC(=O)NC(C)CC)c2c(-c3ccc(F)cc3)noc2n1. The van der Waals surface area contributed by atoms with Crippen LogP contribution in [0.4, 0.5) is 4.39 Å². The number of carbonyl (C=O) groups excluding carboxylic acids is 1. The number of nitrogens with zero attached hydrogens (tertiary/aromatic N) is 3. The molecule has 2 heterocycles. The van der Waals surface area contributed by atoms with Crippen LogP contribution in [-0.4, -0.2) is 33.7 Å². The van der Waals surface area contributed by atoms with Gasteiger partial charge in [0.25, 0.3) is 11.6 Å². The number of hydrogen-bond donors (Lipinski definition) is 1. The summed E-state index contributed by atoms with van der Waals surface area (Å²) >= 11 is 0. The molecule has 1 atom stereocenters. The number of nitrogens with one attached hydrogen (secondary N) is 1. The van der Waals surface area contributed by atoms with Crippen LogP contribution in [-0.2, 0) is 11.2 Å². The summed E-state index contributed by atoms with van der Waals surface area (Å²) in [6.07, 6.45) is 1.39. The highest BCUT2D eigenvalue weighted by Crippen LogP contribution is 2.33. The van der Waals surface area contributed by atoms with Gasteiger partial charge in [0, 0.05) is 18.0 Å². The number of amides is 1. The van der Waals surface area contributed by atoms with Gasteiger partial charge < -0.3 is 14.6 Å². The van der Waals surface area contributed by atoms with Gasteiger partial charge in [0.05, 0.1) is 0 Å². The van der Waals surface area contributed by atoms with Crippen LogP contribution in [0.3, 0.4) is 0 Å². The van der Waals surface area contributed by atoms with Gasteiger partial charge in [-0.15, -0.1) is 0 Å². The Morgan fingerprint density at radius 3 is 2.67 bits per heavy atom. The average Bonchev–Trinajstić information content (AvgIpc) is 3.10. The zero-order valence-electron chi connectivity index (χ0n) is 15.5. The highest BCUT2D eigenvalue weighted by Gasteiger charge is 2.20. The van der Waals surface area contributed by atoms with Crippen LogP contribution in [0.2, 0.25) is 0 Å². The molecule has 1 aromatic carbocycles. The first-order valence-corrected chi connectivity index (χ1v) is 8.86. The van der Waals surface area contributed by atoms with Crippen LogP contribution >= 0.6 is 0 Å². The Hall–Kier alpha value is -3.03. The summed E-state index contributed by atoms with van der Waals surface area (Å²) in [5, 5.41) is 7.33. The van der Waals surface area contributed by atoms with Gasteiger partial charge in [-0.2, -0.15) is 9.97 Å². The fourth-order valence-electron chi connectivity index (χ4n) is 2.49. The maximum Gasteiger partial charge on any atom is 0.265 e. The molecule has 142 valence electrons. The third kappa shape index (κ3) is 4.21. The van der Waals surface area contributed by atoms with Crippen LogP contribution in [0.25, 0.3) is 22.4 Å². The van der Waals surface area contributed by atoms with Crippen molar-refractivity contribution in [1.29, 1.82) is 0 Å². The number of benzene rings is 1. The Balaban J connectivity index is 1.95. The maximum absolute atomic E-state index is 13.2. The van der Waals surface area contributed by atoms with Crippen molar-refractivity contribution in [3.05, 3.63) is 35.9 Å². The molecule has 3 aromatic rings. The predicted octanol–water partition coefficient (Wildman–Crippen LogP) is 3.28. The summed E-state index contributed by atoms with van der Waals surface area (Å²) in [6.45, 7) is 5.62. The summed E-state index contributed by atoms with van der Waals surface area (Å²) in [4.78, 5) is 20.7. The van der Waals surface area contributed by atoms with Crippen molar-refractivity contribution in [2.24, 2.45) is 0 Å². The standard InChI is InChI=1S/C19H21FN4O3/c1-4-11(3)21-15(25)10-26-18-16-17(12-6-8-13(20)9-7-12)24-27-19(16)23-14(5-2)22-18/h6-9,11H,4-5,10H2,1-3H3,(H,21,25). The third-order valence-electron chi connectivity index (χ3n) is 4.14. The lowest BCUT2D eigenvalue weighted by Crippen LogP contribution is -2.35. The van der Waals surface area contributed by atoms with Gasteiger partial charge >= 0.3 is 0 Å². The lowest BCUT2D eigenvalue weighted by atomic mass is 10.1. The van der Waals surface area contributed by atoms with E-state index >= 15 is 0 Å². The molecule has 0 aliphatic carbocycles. The van der Waals surface area contributed by atoms with E-state index in [1.807, 2.05) is 20.8 Å². The molecule has 1 amide bonds. The second kappa shape index (κ2) is 8.11. The molecule has 3 rings (SSSR count). The number of aromatic nitrogens is 3. The van der Waals surface area contributed by atoms with Crippen LogP contribution in [0.15, 0.2) is 28.8 Å². The highest BCUT2D eigenvalue weighted by molar-refractivity contribution is 5.93. The smallest absolute Gasteiger partial charge is 0.265 e. The van der Waals surface area contributed by atoms with E-state index in [0.717, 1.165) is 6.42 Å². The number of halogens is 1. The van der Waals surface area contributed by atoms with E-state index in [9.17, 15) is 9.18 Å². The molecule has 0 saturated carbocycles. The van der Waals surface area contributed by atoms with Crippen LogP contribution in [0.1, 0.15) is 33.0 Å². The topological polar surface area (TPSA) is 90.1 Å². The Morgan fingerprint density at radius 2 is 2.00 bits per heavy atom. The number of fused-ring (bicyclic) bond motifs is 1. The van der Waals surface area contributed by atoms with E-state index in [4.69, 9.17) is 9.26 Å². The average molecular weight is 372 g/mol.